The zero-order valence-corrected chi connectivity index (χ0v) is 11.2. The number of hydrogen-bond donors (Lipinski definition) is 0. The molecule has 1 heterocycles. The highest BCUT2D eigenvalue weighted by Gasteiger charge is 2.12. The van der Waals surface area contributed by atoms with E-state index in [1.165, 1.54) is 11.8 Å². The number of ether oxygens (including phenoxy) is 1. The van der Waals surface area contributed by atoms with Crippen LogP contribution in [0.15, 0.2) is 17.8 Å². The van der Waals surface area contributed by atoms with Crippen molar-refractivity contribution >= 4 is 17.7 Å². The molecule has 0 aromatic carbocycles. The lowest BCUT2D eigenvalue weighted by atomic mass is 10.5. The maximum atomic E-state index is 11.4. The minimum Gasteiger partial charge on any atom is -0.462 e. The molecule has 0 N–H and O–H groups in total. The Labute approximate surface area is 105 Å². The van der Waals surface area contributed by atoms with Gasteiger partial charge in [-0.1, -0.05) is 17.8 Å². The van der Waals surface area contributed by atoms with Gasteiger partial charge in [-0.3, -0.25) is 4.79 Å². The number of aryl methyl sites for hydroxylation is 1. The first-order valence-corrected chi connectivity index (χ1v) is 6.36. The van der Waals surface area contributed by atoms with Crippen LogP contribution in [0.1, 0.15) is 19.7 Å². The van der Waals surface area contributed by atoms with E-state index in [9.17, 15) is 4.79 Å². The Balaban J connectivity index is 2.57. The minimum absolute atomic E-state index is 0.0871. The summed E-state index contributed by atoms with van der Waals surface area (Å²) in [6.45, 7) is 9.84. The molecule has 0 fully saturated rings. The quantitative estimate of drug-likeness (QED) is 0.441. The van der Waals surface area contributed by atoms with Crippen LogP contribution in [0.3, 0.4) is 0 Å². The Kier molecular flexibility index (Phi) is 5.21. The van der Waals surface area contributed by atoms with E-state index in [1.807, 2.05) is 25.3 Å². The van der Waals surface area contributed by atoms with Crippen molar-refractivity contribution in [1.29, 1.82) is 0 Å². The van der Waals surface area contributed by atoms with Crippen molar-refractivity contribution in [3.63, 3.8) is 0 Å². The summed E-state index contributed by atoms with van der Waals surface area (Å²) >= 11 is 1.32. The average Bonchev–Trinajstić information content (AvgIpc) is 2.57. The molecule has 0 aliphatic heterocycles. The molecule has 1 aromatic heterocycles. The fourth-order valence-corrected chi connectivity index (χ4v) is 2.00. The van der Waals surface area contributed by atoms with E-state index in [2.05, 4.69) is 16.8 Å². The van der Waals surface area contributed by atoms with Crippen molar-refractivity contribution in [1.82, 2.24) is 14.8 Å². The van der Waals surface area contributed by atoms with Gasteiger partial charge >= 0.3 is 5.97 Å². The fraction of sp³-hybridized carbons (Fsp3) is 0.545. The molecule has 0 spiro atoms. The van der Waals surface area contributed by atoms with Crippen LogP contribution in [-0.4, -0.2) is 32.6 Å². The summed E-state index contributed by atoms with van der Waals surface area (Å²) in [5.74, 6) is 0.813. The number of thioether (sulfide) groups is 1. The molecule has 0 unspecified atom stereocenters. The Morgan fingerprint density at radius 2 is 2.29 bits per heavy atom. The van der Waals surface area contributed by atoms with Gasteiger partial charge in [0.15, 0.2) is 5.16 Å². The third-order valence-electron chi connectivity index (χ3n) is 1.90. The van der Waals surface area contributed by atoms with Crippen molar-refractivity contribution in [2.24, 2.45) is 0 Å². The number of esters is 1. The molecule has 6 heteroatoms. The smallest absolute Gasteiger partial charge is 0.316 e. The number of nitrogens with zero attached hydrogens (tertiary/aromatic N) is 3. The molecule has 94 valence electrons. The fourth-order valence-electron chi connectivity index (χ4n) is 1.23. The van der Waals surface area contributed by atoms with E-state index in [-0.39, 0.29) is 17.8 Å². The number of aromatic nitrogens is 3. The second kappa shape index (κ2) is 6.44. The van der Waals surface area contributed by atoms with Crippen LogP contribution in [0, 0.1) is 6.92 Å². The summed E-state index contributed by atoms with van der Waals surface area (Å²) in [5.41, 5.74) is 0. The normalized spacial score (nSPS) is 10.6. The predicted molar refractivity (Wildman–Crippen MR) is 66.9 cm³/mol. The molecule has 0 bridgehead atoms. The van der Waals surface area contributed by atoms with Gasteiger partial charge in [0.05, 0.1) is 11.9 Å². The SMILES string of the molecule is C=CCn1c(C)nnc1SCC(=O)OC(C)C. The van der Waals surface area contributed by atoms with Crippen LogP contribution < -0.4 is 0 Å². The van der Waals surface area contributed by atoms with Crippen LogP contribution in [0.2, 0.25) is 0 Å². The Morgan fingerprint density at radius 1 is 1.59 bits per heavy atom. The summed E-state index contributed by atoms with van der Waals surface area (Å²) in [6, 6.07) is 0. The number of rotatable bonds is 6. The number of carbonyl (C=O) groups excluding carboxylic acids is 1. The Bertz CT molecular complexity index is 401. The highest BCUT2D eigenvalue weighted by molar-refractivity contribution is 7.99. The van der Waals surface area contributed by atoms with Gasteiger partial charge in [0.25, 0.3) is 0 Å². The maximum Gasteiger partial charge on any atom is 0.316 e. The number of hydrogen-bond acceptors (Lipinski definition) is 5. The van der Waals surface area contributed by atoms with E-state index < -0.39 is 0 Å². The highest BCUT2D eigenvalue weighted by atomic mass is 32.2. The molecule has 0 aliphatic rings. The van der Waals surface area contributed by atoms with E-state index in [4.69, 9.17) is 4.74 Å². The number of allylic oxidation sites excluding steroid dienone is 1. The molecule has 5 nitrogen and oxygen atoms in total. The van der Waals surface area contributed by atoms with Crippen molar-refractivity contribution < 1.29 is 9.53 Å². The molecule has 0 saturated heterocycles. The number of carbonyl (C=O) groups is 1. The van der Waals surface area contributed by atoms with Crippen molar-refractivity contribution in [2.75, 3.05) is 5.75 Å². The third-order valence-corrected chi connectivity index (χ3v) is 2.84. The Morgan fingerprint density at radius 3 is 2.88 bits per heavy atom. The molecular weight excluding hydrogens is 238 g/mol. The molecule has 0 amide bonds. The van der Waals surface area contributed by atoms with Gasteiger partial charge in [0, 0.05) is 6.54 Å². The minimum atomic E-state index is -0.240. The van der Waals surface area contributed by atoms with E-state index in [1.54, 1.807) is 6.08 Å². The van der Waals surface area contributed by atoms with E-state index in [0.29, 0.717) is 11.7 Å². The molecule has 0 aliphatic carbocycles. The third kappa shape index (κ3) is 4.22. The molecular formula is C11H17N3O2S. The summed E-state index contributed by atoms with van der Waals surface area (Å²) in [4.78, 5) is 11.4. The molecule has 17 heavy (non-hydrogen) atoms. The van der Waals surface area contributed by atoms with Gasteiger partial charge in [-0.25, -0.2) is 0 Å². The summed E-state index contributed by atoms with van der Waals surface area (Å²) in [5, 5.41) is 8.68. The van der Waals surface area contributed by atoms with Gasteiger partial charge in [-0.15, -0.1) is 16.8 Å². The first kappa shape index (κ1) is 13.8. The molecule has 0 saturated carbocycles. The Hall–Kier alpha value is -1.30. The van der Waals surface area contributed by atoms with Crippen molar-refractivity contribution in [3.8, 4) is 0 Å². The lowest BCUT2D eigenvalue weighted by molar-refractivity contribution is -0.144. The van der Waals surface area contributed by atoms with Crippen LogP contribution in [0.4, 0.5) is 0 Å². The van der Waals surface area contributed by atoms with E-state index in [0.717, 1.165) is 5.82 Å². The molecule has 1 aromatic rings. The summed E-state index contributed by atoms with van der Waals surface area (Å²) < 4.78 is 6.94. The molecule has 0 radical (unpaired) electrons. The molecule has 1 rings (SSSR count). The maximum absolute atomic E-state index is 11.4. The van der Waals surface area contributed by atoms with Crippen LogP contribution >= 0.6 is 11.8 Å². The molecule has 0 atom stereocenters. The monoisotopic (exact) mass is 255 g/mol. The van der Waals surface area contributed by atoms with Crippen molar-refractivity contribution in [2.45, 2.75) is 38.6 Å². The lowest BCUT2D eigenvalue weighted by Gasteiger charge is -2.08. The topological polar surface area (TPSA) is 57.0 Å². The van der Waals surface area contributed by atoms with E-state index >= 15 is 0 Å². The largest absolute Gasteiger partial charge is 0.462 e. The van der Waals surface area contributed by atoms with Crippen LogP contribution in [-0.2, 0) is 16.1 Å². The van der Waals surface area contributed by atoms with Gasteiger partial charge in [-0.05, 0) is 20.8 Å². The summed E-state index contributed by atoms with van der Waals surface area (Å²) in [7, 11) is 0. The van der Waals surface area contributed by atoms with Gasteiger partial charge < -0.3 is 9.30 Å². The predicted octanol–water partition coefficient (Wildman–Crippen LogP) is 1.82. The standard InChI is InChI=1S/C11H17N3O2S/c1-5-6-14-9(4)12-13-11(14)17-7-10(15)16-8(2)3/h5,8H,1,6-7H2,2-4H3. The zero-order chi connectivity index (χ0) is 12.8. The van der Waals surface area contributed by atoms with Crippen LogP contribution in [0.5, 0.6) is 0 Å². The van der Waals surface area contributed by atoms with Crippen LogP contribution in [0.25, 0.3) is 0 Å². The highest BCUT2D eigenvalue weighted by Crippen LogP contribution is 2.17. The first-order chi connectivity index (χ1) is 8.04. The van der Waals surface area contributed by atoms with Gasteiger partial charge in [0.2, 0.25) is 0 Å². The zero-order valence-electron chi connectivity index (χ0n) is 10.3. The second-order valence-corrected chi connectivity index (χ2v) is 4.70. The van der Waals surface area contributed by atoms with Crippen molar-refractivity contribution in [3.05, 3.63) is 18.5 Å². The van der Waals surface area contributed by atoms with Gasteiger partial charge in [0.1, 0.15) is 5.82 Å². The average molecular weight is 255 g/mol. The summed E-state index contributed by atoms with van der Waals surface area (Å²) in [6.07, 6.45) is 1.68. The second-order valence-electron chi connectivity index (χ2n) is 3.76. The lowest BCUT2D eigenvalue weighted by Crippen LogP contribution is -2.13. The first-order valence-electron chi connectivity index (χ1n) is 5.37. The van der Waals surface area contributed by atoms with Gasteiger partial charge in [-0.2, -0.15) is 0 Å².